The Balaban J connectivity index is 1.95. The molecular formula is C16H16ClN. The molecule has 18 heavy (non-hydrogen) atoms. The average molecular weight is 258 g/mol. The molecule has 1 unspecified atom stereocenters. The van der Waals surface area contributed by atoms with Crippen LogP contribution in [0.3, 0.4) is 0 Å². The van der Waals surface area contributed by atoms with E-state index in [2.05, 4.69) is 35.3 Å². The summed E-state index contributed by atoms with van der Waals surface area (Å²) in [4.78, 5) is 4.40. The molecule has 0 saturated carbocycles. The van der Waals surface area contributed by atoms with Crippen LogP contribution in [-0.4, -0.2) is 10.4 Å². The van der Waals surface area contributed by atoms with Gasteiger partial charge in [0.1, 0.15) is 0 Å². The molecule has 1 aliphatic carbocycles. The van der Waals surface area contributed by atoms with Gasteiger partial charge in [0.15, 0.2) is 0 Å². The normalized spacial score (nSPS) is 19.8. The van der Waals surface area contributed by atoms with Crippen LogP contribution in [0, 0.1) is 0 Å². The van der Waals surface area contributed by atoms with Gasteiger partial charge in [0.05, 0.1) is 10.9 Å². The third-order valence-corrected chi connectivity index (χ3v) is 3.90. The molecule has 2 heteroatoms. The minimum Gasteiger partial charge on any atom is -0.256 e. The van der Waals surface area contributed by atoms with E-state index in [1.54, 1.807) is 0 Å². The van der Waals surface area contributed by atoms with E-state index in [0.717, 1.165) is 18.4 Å². The number of hydrogen-bond donors (Lipinski definition) is 0. The first-order chi connectivity index (χ1) is 8.83. The third kappa shape index (κ3) is 2.41. The summed E-state index contributed by atoms with van der Waals surface area (Å²) in [7, 11) is 0. The van der Waals surface area contributed by atoms with E-state index in [1.807, 2.05) is 12.3 Å². The molecular weight excluding hydrogens is 242 g/mol. The second kappa shape index (κ2) is 5.11. The van der Waals surface area contributed by atoms with Crippen molar-refractivity contribution in [3.05, 3.63) is 53.7 Å². The Morgan fingerprint density at radius 1 is 1.22 bits per heavy atom. The molecule has 3 rings (SSSR count). The maximum absolute atomic E-state index is 6.21. The van der Waals surface area contributed by atoms with E-state index < -0.39 is 0 Å². The Labute approximate surface area is 112 Å². The van der Waals surface area contributed by atoms with Crippen LogP contribution in [0.2, 0.25) is 0 Å². The van der Waals surface area contributed by atoms with Crippen molar-refractivity contribution in [2.45, 2.75) is 31.1 Å². The van der Waals surface area contributed by atoms with E-state index in [1.165, 1.54) is 29.4 Å². The van der Waals surface area contributed by atoms with E-state index in [4.69, 9.17) is 11.6 Å². The number of halogens is 1. The average Bonchev–Trinajstić information content (AvgIpc) is 2.39. The number of rotatable bonds is 2. The third-order valence-electron chi connectivity index (χ3n) is 3.55. The minimum atomic E-state index is 0.224. The summed E-state index contributed by atoms with van der Waals surface area (Å²) in [6.45, 7) is 0. The van der Waals surface area contributed by atoms with Gasteiger partial charge in [0.25, 0.3) is 0 Å². The van der Waals surface area contributed by atoms with Gasteiger partial charge in [-0.2, -0.15) is 0 Å². The second-order valence-corrected chi connectivity index (χ2v) is 5.46. The summed E-state index contributed by atoms with van der Waals surface area (Å²) in [6.07, 6.45) is 8.65. The first-order valence-corrected chi connectivity index (χ1v) is 6.93. The lowest BCUT2D eigenvalue weighted by Crippen LogP contribution is -2.05. The summed E-state index contributed by atoms with van der Waals surface area (Å²) in [6, 6.07) is 10.5. The SMILES string of the molecule is ClC1C=C(Cc2ccnc3ccccc23)CCC1. The fourth-order valence-electron chi connectivity index (χ4n) is 2.65. The molecule has 0 bridgehead atoms. The molecule has 1 aliphatic rings. The number of fused-ring (bicyclic) bond motifs is 1. The molecule has 0 saturated heterocycles. The van der Waals surface area contributed by atoms with E-state index in [-0.39, 0.29) is 5.38 Å². The van der Waals surface area contributed by atoms with Crippen LogP contribution in [0.5, 0.6) is 0 Å². The van der Waals surface area contributed by atoms with Crippen molar-refractivity contribution in [1.29, 1.82) is 0 Å². The number of pyridine rings is 1. The van der Waals surface area contributed by atoms with Crippen molar-refractivity contribution in [1.82, 2.24) is 4.98 Å². The monoisotopic (exact) mass is 257 g/mol. The zero-order chi connectivity index (χ0) is 12.4. The summed E-state index contributed by atoms with van der Waals surface area (Å²) < 4.78 is 0. The summed E-state index contributed by atoms with van der Waals surface area (Å²) in [5.74, 6) is 0. The van der Waals surface area contributed by atoms with Crippen molar-refractivity contribution in [2.24, 2.45) is 0 Å². The molecule has 0 spiro atoms. The molecule has 0 N–H and O–H groups in total. The van der Waals surface area contributed by atoms with Gasteiger partial charge in [0, 0.05) is 11.6 Å². The topological polar surface area (TPSA) is 12.9 Å². The summed E-state index contributed by atoms with van der Waals surface area (Å²) >= 11 is 6.21. The van der Waals surface area contributed by atoms with Crippen LogP contribution in [0.15, 0.2) is 48.2 Å². The number of allylic oxidation sites excluding steroid dienone is 2. The van der Waals surface area contributed by atoms with Crippen LogP contribution >= 0.6 is 11.6 Å². The lowest BCUT2D eigenvalue weighted by atomic mass is 9.93. The Bertz CT molecular complexity index is 583. The number of nitrogens with zero attached hydrogens (tertiary/aromatic N) is 1. The lowest BCUT2D eigenvalue weighted by Gasteiger charge is -2.17. The zero-order valence-electron chi connectivity index (χ0n) is 10.3. The first kappa shape index (κ1) is 11.7. The number of aromatic nitrogens is 1. The molecule has 1 atom stereocenters. The standard InChI is InChI=1S/C16H16ClN/c17-14-5-3-4-12(11-14)10-13-8-9-18-16-7-2-1-6-15(13)16/h1-2,6-9,11,14H,3-5,10H2. The fraction of sp³-hybridized carbons (Fsp3) is 0.312. The predicted octanol–water partition coefficient (Wildman–Crippen LogP) is 4.50. The van der Waals surface area contributed by atoms with Gasteiger partial charge in [-0.15, -0.1) is 11.6 Å². The molecule has 1 heterocycles. The van der Waals surface area contributed by atoms with Crippen molar-refractivity contribution >= 4 is 22.5 Å². The van der Waals surface area contributed by atoms with Gasteiger partial charge in [-0.05, 0) is 43.4 Å². The first-order valence-electron chi connectivity index (χ1n) is 6.49. The number of benzene rings is 1. The molecule has 0 aliphatic heterocycles. The Hall–Kier alpha value is -1.34. The van der Waals surface area contributed by atoms with Crippen LogP contribution in [0.1, 0.15) is 24.8 Å². The van der Waals surface area contributed by atoms with Crippen molar-refractivity contribution in [3.63, 3.8) is 0 Å². The van der Waals surface area contributed by atoms with Gasteiger partial charge in [-0.3, -0.25) is 4.98 Å². The predicted molar refractivity (Wildman–Crippen MR) is 77.0 cm³/mol. The molecule has 1 nitrogen and oxygen atoms in total. The van der Waals surface area contributed by atoms with Crippen LogP contribution in [0.4, 0.5) is 0 Å². The highest BCUT2D eigenvalue weighted by molar-refractivity contribution is 6.21. The van der Waals surface area contributed by atoms with Crippen molar-refractivity contribution < 1.29 is 0 Å². The Kier molecular flexibility index (Phi) is 3.33. The number of para-hydroxylation sites is 1. The van der Waals surface area contributed by atoms with E-state index >= 15 is 0 Å². The summed E-state index contributed by atoms with van der Waals surface area (Å²) in [5.41, 5.74) is 3.91. The van der Waals surface area contributed by atoms with Crippen LogP contribution in [-0.2, 0) is 6.42 Å². The molecule has 1 aromatic carbocycles. The Morgan fingerprint density at radius 2 is 2.11 bits per heavy atom. The number of hydrogen-bond acceptors (Lipinski definition) is 1. The fourth-order valence-corrected chi connectivity index (χ4v) is 2.98. The zero-order valence-corrected chi connectivity index (χ0v) is 11.0. The van der Waals surface area contributed by atoms with Gasteiger partial charge >= 0.3 is 0 Å². The van der Waals surface area contributed by atoms with E-state index in [9.17, 15) is 0 Å². The van der Waals surface area contributed by atoms with Gasteiger partial charge in [0.2, 0.25) is 0 Å². The minimum absolute atomic E-state index is 0.224. The highest BCUT2D eigenvalue weighted by atomic mass is 35.5. The number of alkyl halides is 1. The van der Waals surface area contributed by atoms with Gasteiger partial charge in [-0.25, -0.2) is 0 Å². The van der Waals surface area contributed by atoms with Crippen LogP contribution < -0.4 is 0 Å². The van der Waals surface area contributed by atoms with Crippen molar-refractivity contribution in [2.75, 3.05) is 0 Å². The highest BCUT2D eigenvalue weighted by Crippen LogP contribution is 2.26. The maximum atomic E-state index is 6.21. The molecule has 2 aromatic rings. The van der Waals surface area contributed by atoms with Gasteiger partial charge < -0.3 is 0 Å². The molecule has 0 amide bonds. The summed E-state index contributed by atoms with van der Waals surface area (Å²) in [5, 5.41) is 1.49. The maximum Gasteiger partial charge on any atom is 0.0704 e. The van der Waals surface area contributed by atoms with Gasteiger partial charge in [-0.1, -0.05) is 29.8 Å². The molecule has 92 valence electrons. The van der Waals surface area contributed by atoms with Crippen molar-refractivity contribution in [3.8, 4) is 0 Å². The smallest absolute Gasteiger partial charge is 0.0704 e. The van der Waals surface area contributed by atoms with Crippen LogP contribution in [0.25, 0.3) is 10.9 Å². The molecule has 1 aromatic heterocycles. The molecule has 0 fully saturated rings. The lowest BCUT2D eigenvalue weighted by molar-refractivity contribution is 0.694. The Morgan fingerprint density at radius 3 is 3.00 bits per heavy atom. The van der Waals surface area contributed by atoms with E-state index in [0.29, 0.717) is 0 Å². The largest absolute Gasteiger partial charge is 0.256 e. The quantitative estimate of drug-likeness (QED) is 0.570. The second-order valence-electron chi connectivity index (χ2n) is 4.90. The highest BCUT2D eigenvalue weighted by Gasteiger charge is 2.12. The molecule has 0 radical (unpaired) electrons.